The van der Waals surface area contributed by atoms with Crippen LogP contribution >= 0.6 is 11.3 Å². The molecule has 0 aromatic carbocycles. The molecule has 0 fully saturated rings. The van der Waals surface area contributed by atoms with Crippen molar-refractivity contribution in [3.63, 3.8) is 0 Å². The van der Waals surface area contributed by atoms with E-state index in [2.05, 4.69) is 44.4 Å². The first-order valence-corrected chi connectivity index (χ1v) is 9.39. The zero-order valence-corrected chi connectivity index (χ0v) is 12.0. The predicted octanol–water partition coefficient (Wildman–Crippen LogP) is 3.88. The van der Waals surface area contributed by atoms with E-state index in [0.29, 0.717) is 5.92 Å². The van der Waals surface area contributed by atoms with Crippen LogP contribution in [0.1, 0.15) is 32.6 Å². The summed E-state index contributed by atoms with van der Waals surface area (Å²) in [6, 6.07) is 1.20. The van der Waals surface area contributed by atoms with Crippen LogP contribution in [0.15, 0.2) is 5.38 Å². The second kappa shape index (κ2) is 5.23. The van der Waals surface area contributed by atoms with Gasteiger partial charge in [-0.2, -0.15) is 0 Å². The minimum absolute atomic E-state index is 0.118. The lowest BCUT2D eigenvalue weighted by molar-refractivity contribution is 0.209. The molecule has 0 aliphatic heterocycles. The van der Waals surface area contributed by atoms with E-state index < -0.39 is 8.32 Å². The van der Waals surface area contributed by atoms with Crippen molar-refractivity contribution in [3.05, 3.63) is 16.6 Å². The third-order valence-electron chi connectivity index (χ3n) is 2.22. The summed E-state index contributed by atoms with van der Waals surface area (Å²) in [6.07, 6.45) is 0.118. The van der Waals surface area contributed by atoms with Crippen molar-refractivity contribution in [1.82, 2.24) is 4.98 Å². The van der Waals surface area contributed by atoms with E-state index in [1.54, 1.807) is 0 Å². The molecular formula is C11H20NOSSi. The van der Waals surface area contributed by atoms with Crippen LogP contribution < -0.4 is 0 Å². The average Bonchev–Trinajstić information content (AvgIpc) is 2.50. The number of aromatic nitrogens is 1. The highest BCUT2D eigenvalue weighted by molar-refractivity contribution is 7.07. The molecule has 0 spiro atoms. The van der Waals surface area contributed by atoms with E-state index in [1.807, 2.05) is 5.38 Å². The lowest BCUT2D eigenvalue weighted by Crippen LogP contribution is -2.33. The fraction of sp³-hybridized carbons (Fsp3) is 0.727. The fourth-order valence-electron chi connectivity index (χ4n) is 1.95. The van der Waals surface area contributed by atoms with Gasteiger partial charge < -0.3 is 4.43 Å². The normalized spacial score (nSPS) is 14.5. The van der Waals surface area contributed by atoms with Gasteiger partial charge >= 0.3 is 0 Å². The maximum Gasteiger partial charge on any atom is 0.187 e. The number of hydrogen-bond donors (Lipinski definition) is 0. The molecule has 1 atom stereocenters. The third-order valence-corrected chi connectivity index (χ3v) is 5.57. The number of hydrogen-bond acceptors (Lipinski definition) is 3. The van der Waals surface area contributed by atoms with Crippen molar-refractivity contribution in [3.8, 4) is 0 Å². The Morgan fingerprint density at radius 3 is 2.60 bits per heavy atom. The molecule has 0 aliphatic carbocycles. The van der Waals surface area contributed by atoms with Crippen molar-refractivity contribution in [2.24, 2.45) is 5.92 Å². The second-order valence-corrected chi connectivity index (χ2v) is 9.80. The molecule has 15 heavy (non-hydrogen) atoms. The van der Waals surface area contributed by atoms with Crippen LogP contribution in [0.5, 0.6) is 0 Å². The molecule has 0 saturated heterocycles. The van der Waals surface area contributed by atoms with Gasteiger partial charge in [-0.3, -0.25) is 0 Å². The van der Waals surface area contributed by atoms with Gasteiger partial charge in [0.1, 0.15) is 0 Å². The molecule has 0 bridgehead atoms. The molecule has 1 heterocycles. The quantitative estimate of drug-likeness (QED) is 0.731. The molecule has 0 N–H and O–H groups in total. The van der Waals surface area contributed by atoms with E-state index in [1.165, 1.54) is 17.4 Å². The standard InChI is InChI=1S/C11H20NOSSi/c1-9(2)7-15(4,5)13-10(3)11-6-14-8-12-11/h6,9-10H,7H2,1-5H3. The lowest BCUT2D eigenvalue weighted by Gasteiger charge is -2.28. The molecule has 1 aromatic heterocycles. The van der Waals surface area contributed by atoms with E-state index in [0.717, 1.165) is 5.69 Å². The summed E-state index contributed by atoms with van der Waals surface area (Å²) < 4.78 is 6.16. The zero-order chi connectivity index (χ0) is 11.5. The molecule has 1 aromatic rings. The van der Waals surface area contributed by atoms with Crippen LogP contribution in [0.3, 0.4) is 0 Å². The maximum absolute atomic E-state index is 6.16. The van der Waals surface area contributed by atoms with Crippen molar-refractivity contribution >= 4 is 19.7 Å². The molecular weight excluding hydrogens is 222 g/mol. The zero-order valence-electron chi connectivity index (χ0n) is 10.2. The largest absolute Gasteiger partial charge is 0.409 e. The summed E-state index contributed by atoms with van der Waals surface area (Å²) in [5.74, 6) is 0.709. The first-order valence-electron chi connectivity index (χ1n) is 5.40. The van der Waals surface area contributed by atoms with Gasteiger partial charge in [0.15, 0.2) is 13.8 Å². The van der Waals surface area contributed by atoms with Crippen LogP contribution in [-0.2, 0) is 4.43 Å². The van der Waals surface area contributed by atoms with E-state index >= 15 is 0 Å². The fourth-order valence-corrected chi connectivity index (χ4v) is 5.67. The smallest absolute Gasteiger partial charge is 0.187 e. The third kappa shape index (κ3) is 4.45. The lowest BCUT2D eigenvalue weighted by atomic mass is 10.3. The second-order valence-electron chi connectivity index (χ2n) is 4.98. The van der Waals surface area contributed by atoms with Gasteiger partial charge in [-0.05, 0) is 32.0 Å². The van der Waals surface area contributed by atoms with Crippen LogP contribution in [0.25, 0.3) is 0 Å². The van der Waals surface area contributed by atoms with Crippen molar-refractivity contribution in [1.29, 1.82) is 0 Å². The Hall–Kier alpha value is -0.193. The van der Waals surface area contributed by atoms with Crippen LogP contribution in [0.2, 0.25) is 19.1 Å². The number of nitrogens with zero attached hydrogens (tertiary/aromatic N) is 1. The summed E-state index contributed by atoms with van der Waals surface area (Å²) >= 11 is 1.51. The van der Waals surface area contributed by atoms with E-state index in [-0.39, 0.29) is 6.10 Å². The molecule has 0 aliphatic rings. The number of thiazole rings is 1. The van der Waals surface area contributed by atoms with E-state index in [4.69, 9.17) is 4.43 Å². The van der Waals surface area contributed by atoms with Crippen molar-refractivity contribution in [2.75, 3.05) is 0 Å². The summed E-state index contributed by atoms with van der Waals surface area (Å²) in [7, 11) is -1.53. The van der Waals surface area contributed by atoms with Gasteiger partial charge in [0.05, 0.1) is 11.8 Å². The summed E-state index contributed by atoms with van der Waals surface area (Å²) in [5.41, 5.74) is 3.88. The highest BCUT2D eigenvalue weighted by Gasteiger charge is 2.27. The minimum Gasteiger partial charge on any atom is -0.409 e. The predicted molar refractivity (Wildman–Crippen MR) is 67.6 cm³/mol. The SMILES string of the molecule is CC(C)C[Si](C)(C)OC(C)c1cs[c]n1. The van der Waals surface area contributed by atoms with Crippen LogP contribution in [0, 0.1) is 11.4 Å². The van der Waals surface area contributed by atoms with E-state index in [9.17, 15) is 0 Å². The Bertz CT molecular complexity index is 285. The molecule has 85 valence electrons. The molecule has 4 heteroatoms. The highest BCUT2D eigenvalue weighted by atomic mass is 32.1. The Labute approximate surface area is 97.8 Å². The average molecular weight is 242 g/mol. The Morgan fingerprint density at radius 1 is 1.47 bits per heavy atom. The Kier molecular flexibility index (Phi) is 4.49. The van der Waals surface area contributed by atoms with Gasteiger partial charge in [0, 0.05) is 5.38 Å². The van der Waals surface area contributed by atoms with Crippen LogP contribution in [0.4, 0.5) is 0 Å². The molecule has 1 rings (SSSR count). The molecule has 1 radical (unpaired) electrons. The minimum atomic E-state index is -1.53. The summed E-state index contributed by atoms with van der Waals surface area (Å²) in [4.78, 5) is 4.17. The molecule has 2 nitrogen and oxygen atoms in total. The Morgan fingerprint density at radius 2 is 2.13 bits per heavy atom. The maximum atomic E-state index is 6.16. The van der Waals surface area contributed by atoms with Gasteiger partial charge in [0.25, 0.3) is 0 Å². The first kappa shape index (κ1) is 12.9. The topological polar surface area (TPSA) is 22.1 Å². The number of rotatable bonds is 5. The Balaban J connectivity index is 2.53. The van der Waals surface area contributed by atoms with Crippen LogP contribution in [-0.4, -0.2) is 13.3 Å². The first-order chi connectivity index (χ1) is 6.91. The molecule has 0 saturated carbocycles. The monoisotopic (exact) mass is 242 g/mol. The van der Waals surface area contributed by atoms with Gasteiger partial charge in [-0.1, -0.05) is 13.8 Å². The van der Waals surface area contributed by atoms with Gasteiger partial charge in [-0.25, -0.2) is 4.98 Å². The van der Waals surface area contributed by atoms with Gasteiger partial charge in [0.2, 0.25) is 0 Å². The highest BCUT2D eigenvalue weighted by Crippen LogP contribution is 2.26. The molecule has 0 amide bonds. The van der Waals surface area contributed by atoms with Crippen molar-refractivity contribution < 1.29 is 4.43 Å². The summed E-state index contributed by atoms with van der Waals surface area (Å²) in [6.45, 7) is 11.1. The molecule has 1 unspecified atom stereocenters. The summed E-state index contributed by atoms with van der Waals surface area (Å²) in [5, 5.41) is 2.02. The van der Waals surface area contributed by atoms with Crippen molar-refractivity contribution in [2.45, 2.75) is 46.0 Å². The van der Waals surface area contributed by atoms with Gasteiger partial charge in [-0.15, -0.1) is 11.3 Å².